The van der Waals surface area contributed by atoms with Crippen LogP contribution in [0.1, 0.15) is 6.92 Å². The molecule has 0 aliphatic rings. The van der Waals surface area contributed by atoms with Crippen molar-refractivity contribution in [2.24, 2.45) is 0 Å². The van der Waals surface area contributed by atoms with Crippen molar-refractivity contribution in [2.45, 2.75) is 6.92 Å². The molecule has 8 heteroatoms. The molecule has 2 rings (SSSR count). The summed E-state index contributed by atoms with van der Waals surface area (Å²) in [6.07, 6.45) is 0. The number of hydrogen-bond acceptors (Lipinski definition) is 5. The van der Waals surface area contributed by atoms with Crippen LogP contribution in [0.4, 0.5) is 15.8 Å². The van der Waals surface area contributed by atoms with Crippen molar-refractivity contribution >= 4 is 23.2 Å². The summed E-state index contributed by atoms with van der Waals surface area (Å²) < 4.78 is 29.5. The number of anilines is 2. The van der Waals surface area contributed by atoms with E-state index in [1.807, 2.05) is 0 Å². The number of carbonyl (C=O) groups excluding carboxylic acids is 2. The van der Waals surface area contributed by atoms with Crippen molar-refractivity contribution in [1.29, 1.82) is 0 Å². The van der Waals surface area contributed by atoms with E-state index in [1.165, 1.54) is 51.4 Å². The number of methoxy groups -OCH3 is 3. The minimum Gasteiger partial charge on any atom is -0.493 e. The van der Waals surface area contributed by atoms with Crippen LogP contribution in [0.5, 0.6) is 17.2 Å². The van der Waals surface area contributed by atoms with Crippen LogP contribution in [0.2, 0.25) is 0 Å². The van der Waals surface area contributed by atoms with Gasteiger partial charge in [0.2, 0.25) is 17.6 Å². The molecule has 0 spiro atoms. The van der Waals surface area contributed by atoms with Gasteiger partial charge in [-0.25, -0.2) is 4.39 Å². The van der Waals surface area contributed by atoms with Crippen molar-refractivity contribution in [3.8, 4) is 17.2 Å². The van der Waals surface area contributed by atoms with Gasteiger partial charge in [-0.3, -0.25) is 9.59 Å². The largest absolute Gasteiger partial charge is 0.493 e. The molecule has 0 saturated heterocycles. The number of carbonyl (C=O) groups is 2. The third kappa shape index (κ3) is 4.66. The number of nitrogens with zero attached hydrogens (tertiary/aromatic N) is 1. The summed E-state index contributed by atoms with van der Waals surface area (Å²) in [7, 11) is 4.36. The molecule has 27 heavy (non-hydrogen) atoms. The van der Waals surface area contributed by atoms with Gasteiger partial charge in [0.1, 0.15) is 12.4 Å². The zero-order valence-electron chi connectivity index (χ0n) is 15.5. The molecular formula is C19H21FN2O5. The summed E-state index contributed by atoms with van der Waals surface area (Å²) >= 11 is 0. The Hall–Kier alpha value is -3.29. The number of para-hydroxylation sites is 1. The first-order valence-electron chi connectivity index (χ1n) is 8.03. The highest BCUT2D eigenvalue weighted by atomic mass is 19.1. The number of amides is 2. The fourth-order valence-corrected chi connectivity index (χ4v) is 2.50. The van der Waals surface area contributed by atoms with E-state index in [4.69, 9.17) is 14.2 Å². The lowest BCUT2D eigenvalue weighted by Gasteiger charge is -2.23. The Morgan fingerprint density at radius 1 is 1.04 bits per heavy atom. The topological polar surface area (TPSA) is 77.1 Å². The SMILES string of the molecule is COc1cc(N(CC(=O)Nc2ccccc2F)C(C)=O)cc(OC)c1OC. The molecule has 0 aromatic heterocycles. The van der Waals surface area contributed by atoms with E-state index < -0.39 is 11.7 Å². The molecule has 2 amide bonds. The van der Waals surface area contributed by atoms with Crippen molar-refractivity contribution in [1.82, 2.24) is 0 Å². The summed E-state index contributed by atoms with van der Waals surface area (Å²) in [5.41, 5.74) is 0.413. The van der Waals surface area contributed by atoms with Gasteiger partial charge in [-0.05, 0) is 12.1 Å². The normalized spacial score (nSPS) is 10.1. The number of rotatable bonds is 7. The van der Waals surface area contributed by atoms with E-state index in [9.17, 15) is 14.0 Å². The monoisotopic (exact) mass is 376 g/mol. The maximum Gasteiger partial charge on any atom is 0.244 e. The maximum absolute atomic E-state index is 13.7. The molecule has 0 aliphatic heterocycles. The van der Waals surface area contributed by atoms with Crippen molar-refractivity contribution in [3.63, 3.8) is 0 Å². The molecule has 2 aromatic carbocycles. The molecule has 7 nitrogen and oxygen atoms in total. The standard InChI is InChI=1S/C19H21FN2O5/c1-12(23)22(11-18(24)21-15-8-6-5-7-14(15)20)13-9-16(25-2)19(27-4)17(10-13)26-3/h5-10H,11H2,1-4H3,(H,21,24). The fourth-order valence-electron chi connectivity index (χ4n) is 2.50. The third-order valence-electron chi connectivity index (χ3n) is 3.79. The van der Waals surface area contributed by atoms with Crippen LogP contribution in [0, 0.1) is 5.82 Å². The molecule has 0 aliphatic carbocycles. The molecule has 0 fully saturated rings. The second-order valence-electron chi connectivity index (χ2n) is 5.52. The number of hydrogen-bond donors (Lipinski definition) is 1. The molecule has 0 atom stereocenters. The Bertz CT molecular complexity index is 816. The Morgan fingerprint density at radius 2 is 1.63 bits per heavy atom. The lowest BCUT2D eigenvalue weighted by Crippen LogP contribution is -2.36. The van der Waals surface area contributed by atoms with Crippen LogP contribution in [0.3, 0.4) is 0 Å². The zero-order valence-corrected chi connectivity index (χ0v) is 15.5. The van der Waals surface area contributed by atoms with E-state index in [1.54, 1.807) is 18.2 Å². The van der Waals surface area contributed by atoms with E-state index in [-0.39, 0.29) is 18.1 Å². The van der Waals surface area contributed by atoms with Gasteiger partial charge in [0.05, 0.1) is 32.7 Å². The second-order valence-corrected chi connectivity index (χ2v) is 5.52. The molecule has 0 bridgehead atoms. The summed E-state index contributed by atoms with van der Waals surface area (Å²) in [5, 5.41) is 2.45. The van der Waals surface area contributed by atoms with Crippen molar-refractivity contribution < 1.29 is 28.2 Å². The van der Waals surface area contributed by atoms with Gasteiger partial charge < -0.3 is 24.4 Å². The lowest BCUT2D eigenvalue weighted by molar-refractivity contribution is -0.120. The predicted molar refractivity (Wildman–Crippen MR) is 99.2 cm³/mol. The predicted octanol–water partition coefficient (Wildman–Crippen LogP) is 2.84. The second kappa shape index (κ2) is 8.88. The summed E-state index contributed by atoms with van der Waals surface area (Å²) in [4.78, 5) is 25.7. The van der Waals surface area contributed by atoms with E-state index in [0.29, 0.717) is 22.9 Å². The molecule has 144 valence electrons. The van der Waals surface area contributed by atoms with Crippen LogP contribution in [0.25, 0.3) is 0 Å². The average molecular weight is 376 g/mol. The Morgan fingerprint density at radius 3 is 2.11 bits per heavy atom. The van der Waals surface area contributed by atoms with E-state index >= 15 is 0 Å². The number of benzene rings is 2. The minimum absolute atomic E-state index is 0.0379. The number of halogens is 1. The maximum atomic E-state index is 13.7. The van der Waals surface area contributed by atoms with Crippen LogP contribution in [-0.2, 0) is 9.59 Å². The van der Waals surface area contributed by atoms with Crippen LogP contribution in [0.15, 0.2) is 36.4 Å². The number of ether oxygens (including phenoxy) is 3. The molecule has 1 N–H and O–H groups in total. The highest BCUT2D eigenvalue weighted by Crippen LogP contribution is 2.41. The van der Waals surface area contributed by atoms with Crippen molar-refractivity contribution in [3.05, 3.63) is 42.2 Å². The summed E-state index contributed by atoms with van der Waals surface area (Å²) in [6, 6.07) is 8.89. The van der Waals surface area contributed by atoms with Gasteiger partial charge in [0.25, 0.3) is 0 Å². The van der Waals surface area contributed by atoms with Gasteiger partial charge in [-0.15, -0.1) is 0 Å². The molecule has 0 heterocycles. The van der Waals surface area contributed by atoms with Crippen molar-refractivity contribution in [2.75, 3.05) is 38.1 Å². The first kappa shape index (κ1) is 20.0. The quantitative estimate of drug-likeness (QED) is 0.804. The van der Waals surface area contributed by atoms with Gasteiger partial charge >= 0.3 is 0 Å². The fraction of sp³-hybridized carbons (Fsp3) is 0.263. The van der Waals surface area contributed by atoms with Crippen LogP contribution < -0.4 is 24.4 Å². The third-order valence-corrected chi connectivity index (χ3v) is 3.79. The summed E-state index contributed by atoms with van der Waals surface area (Å²) in [6.45, 7) is 1.00. The van der Waals surface area contributed by atoms with Gasteiger partial charge in [0, 0.05) is 19.1 Å². The molecular weight excluding hydrogens is 355 g/mol. The molecule has 2 aromatic rings. The Labute approximate surface area is 156 Å². The van der Waals surface area contributed by atoms with Gasteiger partial charge in [-0.2, -0.15) is 0 Å². The first-order chi connectivity index (χ1) is 12.9. The molecule has 0 unspecified atom stereocenters. The molecule has 0 radical (unpaired) electrons. The first-order valence-corrected chi connectivity index (χ1v) is 8.03. The number of nitrogens with one attached hydrogen (secondary N) is 1. The zero-order chi connectivity index (χ0) is 20.0. The minimum atomic E-state index is -0.562. The highest BCUT2D eigenvalue weighted by Gasteiger charge is 2.21. The lowest BCUT2D eigenvalue weighted by atomic mass is 10.2. The highest BCUT2D eigenvalue weighted by molar-refractivity contribution is 6.02. The van der Waals surface area contributed by atoms with E-state index in [0.717, 1.165) is 0 Å². The van der Waals surface area contributed by atoms with Gasteiger partial charge in [-0.1, -0.05) is 12.1 Å². The average Bonchev–Trinajstić information content (AvgIpc) is 2.66. The summed E-state index contributed by atoms with van der Waals surface area (Å²) in [5.74, 6) is -0.451. The Kier molecular flexibility index (Phi) is 6.59. The van der Waals surface area contributed by atoms with E-state index in [2.05, 4.69) is 5.32 Å². The Balaban J connectivity index is 2.31. The van der Waals surface area contributed by atoms with Crippen LogP contribution >= 0.6 is 0 Å². The molecule has 0 saturated carbocycles. The van der Waals surface area contributed by atoms with Crippen LogP contribution in [-0.4, -0.2) is 39.7 Å². The van der Waals surface area contributed by atoms with Gasteiger partial charge in [0.15, 0.2) is 11.5 Å². The smallest absolute Gasteiger partial charge is 0.244 e.